The molecule has 0 unspecified atom stereocenters. The Labute approximate surface area is 198 Å². The Bertz CT molecular complexity index is 1090. The second-order valence-corrected chi connectivity index (χ2v) is 10.4. The third-order valence-electron chi connectivity index (χ3n) is 5.99. The molecule has 2 fully saturated rings. The van der Waals surface area contributed by atoms with Crippen LogP contribution in [0.5, 0.6) is 0 Å². The molecule has 2 saturated heterocycles. The van der Waals surface area contributed by atoms with E-state index >= 15 is 0 Å². The second kappa shape index (κ2) is 10.1. The van der Waals surface area contributed by atoms with E-state index in [0.29, 0.717) is 44.0 Å². The zero-order valence-corrected chi connectivity index (χ0v) is 19.7. The average molecular weight is 492 g/mol. The third-order valence-corrected chi connectivity index (χ3v) is 8.16. The van der Waals surface area contributed by atoms with Gasteiger partial charge in [0.2, 0.25) is 10.0 Å². The van der Waals surface area contributed by atoms with Gasteiger partial charge in [0.05, 0.1) is 4.90 Å². The average Bonchev–Trinajstić information content (AvgIpc) is 3.34. The normalized spacial score (nSPS) is 19.5. The smallest absolute Gasteiger partial charge is 0.324 e. The Morgan fingerprint density at radius 1 is 0.939 bits per heavy atom. The number of halogens is 1. The number of carbonyl (C=O) groups excluding carboxylic acids is 2. The number of amides is 1. The molecule has 10 heteroatoms. The van der Waals surface area contributed by atoms with E-state index in [0.717, 1.165) is 9.99 Å². The summed E-state index contributed by atoms with van der Waals surface area (Å²) in [6.45, 7) is 2.28. The van der Waals surface area contributed by atoms with Crippen molar-refractivity contribution >= 4 is 39.2 Å². The number of ether oxygens (including phenoxy) is 1. The molecule has 2 aliphatic heterocycles. The van der Waals surface area contributed by atoms with Crippen LogP contribution in [0.4, 0.5) is 5.69 Å². The summed E-state index contributed by atoms with van der Waals surface area (Å²) in [5.74, 6) is -0.970. The Morgan fingerprint density at radius 3 is 2.27 bits per heavy atom. The highest BCUT2D eigenvalue weighted by atomic mass is 35.5. The van der Waals surface area contributed by atoms with Crippen LogP contribution in [0.2, 0.25) is 5.02 Å². The van der Waals surface area contributed by atoms with Crippen molar-refractivity contribution in [3.05, 3.63) is 59.6 Å². The summed E-state index contributed by atoms with van der Waals surface area (Å²) in [6.07, 6.45) is 0.900. The van der Waals surface area contributed by atoms with E-state index in [-0.39, 0.29) is 17.3 Å². The van der Waals surface area contributed by atoms with Crippen molar-refractivity contribution in [2.24, 2.45) is 0 Å². The third kappa shape index (κ3) is 5.31. The molecule has 0 aromatic heterocycles. The lowest BCUT2D eigenvalue weighted by Crippen LogP contribution is -2.50. The van der Waals surface area contributed by atoms with Gasteiger partial charge in [-0.15, -0.1) is 0 Å². The lowest BCUT2D eigenvalue weighted by Gasteiger charge is -2.36. The lowest BCUT2D eigenvalue weighted by atomic mass is 10.2. The Morgan fingerprint density at radius 2 is 1.61 bits per heavy atom. The molecular weight excluding hydrogens is 466 g/mol. The molecule has 8 nitrogen and oxygen atoms in total. The number of hydrogen-bond donors (Lipinski definition) is 0. The highest BCUT2D eigenvalue weighted by molar-refractivity contribution is 7.89. The lowest BCUT2D eigenvalue weighted by molar-refractivity contribution is -0.154. The number of hydrogen-bond acceptors (Lipinski definition) is 6. The largest absolute Gasteiger partial charge is 0.454 e. The fourth-order valence-corrected chi connectivity index (χ4v) is 5.95. The molecule has 0 radical (unpaired) electrons. The minimum atomic E-state index is -3.87. The van der Waals surface area contributed by atoms with E-state index in [1.807, 2.05) is 30.3 Å². The van der Waals surface area contributed by atoms with Crippen LogP contribution in [0.3, 0.4) is 0 Å². The molecule has 2 aromatic carbocycles. The van der Waals surface area contributed by atoms with E-state index in [1.54, 1.807) is 4.90 Å². The molecule has 1 amide bonds. The van der Waals surface area contributed by atoms with Crippen molar-refractivity contribution in [3.63, 3.8) is 0 Å². The van der Waals surface area contributed by atoms with Crippen molar-refractivity contribution in [3.8, 4) is 0 Å². The van der Waals surface area contributed by atoms with E-state index < -0.39 is 28.6 Å². The zero-order chi connectivity index (χ0) is 23.4. The number of rotatable bonds is 6. The molecule has 0 bridgehead atoms. The monoisotopic (exact) mass is 491 g/mol. The number of para-hydroxylation sites is 1. The Kier molecular flexibility index (Phi) is 7.21. The second-order valence-electron chi connectivity index (χ2n) is 8.04. The quantitative estimate of drug-likeness (QED) is 0.577. The van der Waals surface area contributed by atoms with Gasteiger partial charge >= 0.3 is 5.97 Å². The summed E-state index contributed by atoms with van der Waals surface area (Å²) in [5.41, 5.74) is 1.11. The number of nitrogens with zero attached hydrogens (tertiary/aromatic N) is 3. The fraction of sp³-hybridized carbons (Fsp3) is 0.391. The first-order valence-electron chi connectivity index (χ1n) is 10.9. The van der Waals surface area contributed by atoms with Gasteiger partial charge < -0.3 is 14.5 Å². The van der Waals surface area contributed by atoms with Crippen molar-refractivity contribution < 1.29 is 22.7 Å². The van der Waals surface area contributed by atoms with Gasteiger partial charge in [0.25, 0.3) is 5.91 Å². The van der Waals surface area contributed by atoms with Gasteiger partial charge in [-0.2, -0.15) is 4.31 Å². The summed E-state index contributed by atoms with van der Waals surface area (Å²) in [6, 6.07) is 14.9. The van der Waals surface area contributed by atoms with Crippen LogP contribution in [0, 0.1) is 0 Å². The molecule has 1 atom stereocenters. The molecular formula is C23H26ClN3O5S. The number of esters is 1. The Hall–Kier alpha value is -2.62. The van der Waals surface area contributed by atoms with Gasteiger partial charge in [-0.1, -0.05) is 29.8 Å². The van der Waals surface area contributed by atoms with Crippen LogP contribution in [0.1, 0.15) is 12.8 Å². The zero-order valence-electron chi connectivity index (χ0n) is 18.1. The summed E-state index contributed by atoms with van der Waals surface area (Å²) in [4.78, 5) is 29.2. The van der Waals surface area contributed by atoms with Crippen LogP contribution >= 0.6 is 11.6 Å². The molecule has 4 rings (SSSR count). The summed E-state index contributed by atoms with van der Waals surface area (Å²) in [7, 11) is -3.87. The maximum absolute atomic E-state index is 13.0. The van der Waals surface area contributed by atoms with Crippen molar-refractivity contribution in [1.82, 2.24) is 9.21 Å². The SMILES string of the molecule is O=C(OCC(=O)N1CCN(c2ccccc2)CC1)[C@@H]1CCCN1S(=O)(=O)c1ccc(Cl)cc1. The summed E-state index contributed by atoms with van der Waals surface area (Å²) >= 11 is 5.85. The van der Waals surface area contributed by atoms with Crippen molar-refractivity contribution in [2.75, 3.05) is 44.2 Å². The number of anilines is 1. The predicted octanol–water partition coefficient (Wildman–Crippen LogP) is 2.39. The molecule has 2 aromatic rings. The van der Waals surface area contributed by atoms with Crippen molar-refractivity contribution in [2.45, 2.75) is 23.8 Å². The molecule has 33 heavy (non-hydrogen) atoms. The first kappa shape index (κ1) is 23.5. The van der Waals surface area contributed by atoms with Crippen LogP contribution in [-0.4, -0.2) is 74.9 Å². The minimum Gasteiger partial charge on any atom is -0.454 e. The maximum atomic E-state index is 13.0. The van der Waals surface area contributed by atoms with Gasteiger partial charge in [-0.3, -0.25) is 9.59 Å². The van der Waals surface area contributed by atoms with E-state index in [4.69, 9.17) is 16.3 Å². The predicted molar refractivity (Wildman–Crippen MR) is 125 cm³/mol. The number of sulfonamides is 1. The van der Waals surface area contributed by atoms with Gasteiger partial charge in [0.15, 0.2) is 6.61 Å². The topological polar surface area (TPSA) is 87.2 Å². The molecule has 0 saturated carbocycles. The standard InChI is InChI=1S/C23H26ClN3O5S/c24-18-8-10-20(11-9-18)33(30,31)27-12-4-7-21(27)23(29)32-17-22(28)26-15-13-25(14-16-26)19-5-2-1-3-6-19/h1-3,5-6,8-11,21H,4,7,12-17H2/t21-/m0/s1. The van der Waals surface area contributed by atoms with Gasteiger partial charge in [0.1, 0.15) is 6.04 Å². The molecule has 0 spiro atoms. The van der Waals surface area contributed by atoms with E-state index in [9.17, 15) is 18.0 Å². The van der Waals surface area contributed by atoms with E-state index in [2.05, 4.69) is 4.90 Å². The highest BCUT2D eigenvalue weighted by Crippen LogP contribution is 2.27. The highest BCUT2D eigenvalue weighted by Gasteiger charge is 2.40. The maximum Gasteiger partial charge on any atom is 0.324 e. The summed E-state index contributed by atoms with van der Waals surface area (Å²) in [5, 5.41) is 0.425. The van der Waals surface area contributed by atoms with Gasteiger partial charge in [-0.25, -0.2) is 8.42 Å². The molecule has 176 valence electrons. The van der Waals surface area contributed by atoms with Crippen LogP contribution in [-0.2, 0) is 24.3 Å². The fourth-order valence-electron chi connectivity index (χ4n) is 4.18. The van der Waals surface area contributed by atoms with Gasteiger partial charge in [-0.05, 0) is 49.2 Å². The van der Waals surface area contributed by atoms with Crippen molar-refractivity contribution in [1.29, 1.82) is 0 Å². The van der Waals surface area contributed by atoms with E-state index in [1.165, 1.54) is 24.3 Å². The number of benzene rings is 2. The molecule has 2 heterocycles. The first-order valence-corrected chi connectivity index (χ1v) is 12.7. The summed E-state index contributed by atoms with van der Waals surface area (Å²) < 4.78 is 32.4. The van der Waals surface area contributed by atoms with Crippen LogP contribution < -0.4 is 4.90 Å². The molecule has 0 aliphatic carbocycles. The number of piperazine rings is 1. The first-order chi connectivity index (χ1) is 15.9. The number of carbonyl (C=O) groups is 2. The minimum absolute atomic E-state index is 0.0685. The molecule has 2 aliphatic rings. The van der Waals surface area contributed by atoms with Crippen LogP contribution in [0.25, 0.3) is 0 Å². The Balaban J connectivity index is 1.31. The molecule has 0 N–H and O–H groups in total. The van der Waals surface area contributed by atoms with Gasteiger partial charge in [0, 0.05) is 43.4 Å². The van der Waals surface area contributed by atoms with Crippen LogP contribution in [0.15, 0.2) is 59.5 Å².